The molecule has 0 spiro atoms. The first-order chi connectivity index (χ1) is 14.4. The molecule has 0 radical (unpaired) electrons. The van der Waals surface area contributed by atoms with E-state index >= 15 is 0 Å². The number of hydrogen-bond acceptors (Lipinski definition) is 5. The van der Waals surface area contributed by atoms with Gasteiger partial charge < -0.3 is 0 Å². The Labute approximate surface area is 187 Å². The fourth-order valence-corrected chi connectivity index (χ4v) is 5.73. The molecule has 4 aromatic rings. The first-order valence-electron chi connectivity index (χ1n) is 8.76. The normalized spacial score (nSPS) is 11.7. The molecule has 0 fully saturated rings. The van der Waals surface area contributed by atoms with Gasteiger partial charge >= 0.3 is 0 Å². The lowest BCUT2D eigenvalue weighted by Gasteiger charge is -2.10. The molecular formula is C21H14Cl2N2O3S2. The van der Waals surface area contributed by atoms with E-state index < -0.39 is 10.0 Å². The van der Waals surface area contributed by atoms with Gasteiger partial charge in [0.15, 0.2) is 10.9 Å². The number of fused-ring (bicyclic) bond motifs is 1. The number of carbonyl (C=O) groups is 1. The molecule has 0 unspecified atom stereocenters. The summed E-state index contributed by atoms with van der Waals surface area (Å²) in [4.78, 5) is 17.1. The molecule has 0 saturated heterocycles. The van der Waals surface area contributed by atoms with Crippen molar-refractivity contribution >= 4 is 61.8 Å². The Morgan fingerprint density at radius 3 is 2.17 bits per heavy atom. The van der Waals surface area contributed by atoms with E-state index in [0.717, 1.165) is 11.8 Å². The summed E-state index contributed by atoms with van der Waals surface area (Å²) in [6, 6.07) is 19.4. The van der Waals surface area contributed by atoms with E-state index in [1.165, 1.54) is 28.2 Å². The first kappa shape index (κ1) is 20.9. The first-order valence-corrected chi connectivity index (χ1v) is 11.9. The zero-order valence-corrected chi connectivity index (χ0v) is 18.5. The fourth-order valence-electron chi connectivity index (χ4n) is 2.87. The molecule has 0 saturated carbocycles. The average Bonchev–Trinajstić information content (AvgIpc) is 3.12. The van der Waals surface area contributed by atoms with Crippen LogP contribution in [-0.4, -0.2) is 28.9 Å². The molecule has 152 valence electrons. The van der Waals surface area contributed by atoms with E-state index in [0.29, 0.717) is 26.6 Å². The van der Waals surface area contributed by atoms with Crippen LogP contribution in [0, 0.1) is 0 Å². The second-order valence-corrected chi connectivity index (χ2v) is 9.93. The number of imidazole rings is 1. The summed E-state index contributed by atoms with van der Waals surface area (Å²) < 4.78 is 27.9. The topological polar surface area (TPSA) is 69.0 Å². The predicted molar refractivity (Wildman–Crippen MR) is 120 cm³/mol. The highest BCUT2D eigenvalue weighted by atomic mass is 35.5. The SMILES string of the molecule is O=C(CSc1nc2ccccc2n1S(=O)(=O)c1ccc(Cl)cc1)c1ccc(Cl)cc1. The lowest BCUT2D eigenvalue weighted by Crippen LogP contribution is -2.15. The molecule has 0 bridgehead atoms. The van der Waals surface area contributed by atoms with Crippen LogP contribution in [-0.2, 0) is 10.0 Å². The Balaban J connectivity index is 1.73. The van der Waals surface area contributed by atoms with Crippen molar-refractivity contribution in [2.75, 3.05) is 5.75 Å². The van der Waals surface area contributed by atoms with Crippen molar-refractivity contribution in [3.8, 4) is 0 Å². The summed E-state index contributed by atoms with van der Waals surface area (Å²) in [5.41, 5.74) is 1.46. The number of rotatable bonds is 6. The van der Waals surface area contributed by atoms with Crippen molar-refractivity contribution in [3.05, 3.63) is 88.4 Å². The Hall–Kier alpha value is -2.32. The second kappa shape index (κ2) is 8.43. The van der Waals surface area contributed by atoms with Gasteiger partial charge in [0.2, 0.25) is 0 Å². The van der Waals surface area contributed by atoms with Crippen molar-refractivity contribution in [2.24, 2.45) is 0 Å². The van der Waals surface area contributed by atoms with Crippen LogP contribution in [0.2, 0.25) is 10.0 Å². The quantitative estimate of drug-likeness (QED) is 0.269. The molecule has 3 aromatic carbocycles. The highest BCUT2D eigenvalue weighted by Gasteiger charge is 2.25. The minimum atomic E-state index is -3.94. The number of thioether (sulfide) groups is 1. The van der Waals surface area contributed by atoms with Gasteiger partial charge in [-0.1, -0.05) is 47.1 Å². The molecule has 30 heavy (non-hydrogen) atoms. The van der Waals surface area contributed by atoms with Crippen LogP contribution in [0.1, 0.15) is 10.4 Å². The molecule has 1 heterocycles. The van der Waals surface area contributed by atoms with Crippen molar-refractivity contribution < 1.29 is 13.2 Å². The van der Waals surface area contributed by atoms with Gasteiger partial charge in [-0.25, -0.2) is 17.4 Å². The summed E-state index contributed by atoms with van der Waals surface area (Å²) in [7, 11) is -3.94. The van der Waals surface area contributed by atoms with Gasteiger partial charge in [-0.2, -0.15) is 0 Å². The van der Waals surface area contributed by atoms with Gasteiger partial charge in [0.05, 0.1) is 21.7 Å². The van der Waals surface area contributed by atoms with Gasteiger partial charge in [-0.05, 0) is 60.7 Å². The van der Waals surface area contributed by atoms with E-state index in [1.807, 2.05) is 0 Å². The molecular weight excluding hydrogens is 463 g/mol. The number of para-hydroxylation sites is 2. The third kappa shape index (κ3) is 4.11. The van der Waals surface area contributed by atoms with Crippen molar-refractivity contribution in [1.82, 2.24) is 8.96 Å². The highest BCUT2D eigenvalue weighted by Crippen LogP contribution is 2.30. The maximum atomic E-state index is 13.4. The molecule has 0 amide bonds. The predicted octanol–water partition coefficient (Wildman–Crippen LogP) is 5.56. The van der Waals surface area contributed by atoms with E-state index in [9.17, 15) is 13.2 Å². The van der Waals surface area contributed by atoms with Crippen molar-refractivity contribution in [1.29, 1.82) is 0 Å². The zero-order chi connectivity index (χ0) is 21.3. The number of carbonyl (C=O) groups excluding carboxylic acids is 1. The third-order valence-electron chi connectivity index (χ3n) is 4.34. The lowest BCUT2D eigenvalue weighted by molar-refractivity contribution is 0.102. The van der Waals surface area contributed by atoms with Crippen molar-refractivity contribution in [3.63, 3.8) is 0 Å². The molecule has 0 N–H and O–H groups in total. The van der Waals surface area contributed by atoms with Gasteiger partial charge in [-0.15, -0.1) is 0 Å². The number of ketones is 1. The van der Waals surface area contributed by atoms with Crippen LogP contribution in [0.25, 0.3) is 11.0 Å². The van der Waals surface area contributed by atoms with Crippen LogP contribution in [0.3, 0.4) is 0 Å². The summed E-state index contributed by atoms with van der Waals surface area (Å²) >= 11 is 12.8. The van der Waals surface area contributed by atoms with E-state index in [1.54, 1.807) is 48.5 Å². The van der Waals surface area contributed by atoms with Gasteiger partial charge in [0, 0.05) is 15.6 Å². The van der Waals surface area contributed by atoms with E-state index in [2.05, 4.69) is 4.98 Å². The lowest BCUT2D eigenvalue weighted by atomic mass is 10.1. The third-order valence-corrected chi connectivity index (χ3v) is 7.62. The Kier molecular flexibility index (Phi) is 5.88. The van der Waals surface area contributed by atoms with Crippen LogP contribution >= 0.6 is 35.0 Å². The molecule has 0 aliphatic carbocycles. The number of Topliss-reactive ketones (excluding diaryl/α,β-unsaturated/α-hetero) is 1. The van der Waals surface area contributed by atoms with Crippen molar-refractivity contribution in [2.45, 2.75) is 10.1 Å². The summed E-state index contributed by atoms with van der Waals surface area (Å²) in [6.45, 7) is 0. The number of nitrogens with zero attached hydrogens (tertiary/aromatic N) is 2. The number of aromatic nitrogens is 2. The summed E-state index contributed by atoms with van der Waals surface area (Å²) in [5, 5.41) is 1.19. The Morgan fingerprint density at radius 2 is 1.50 bits per heavy atom. The maximum absolute atomic E-state index is 13.4. The van der Waals surface area contributed by atoms with Crippen LogP contribution in [0.15, 0.2) is 82.8 Å². The number of benzene rings is 3. The van der Waals surface area contributed by atoms with Gasteiger partial charge in [0.25, 0.3) is 10.0 Å². The molecule has 0 atom stereocenters. The van der Waals surface area contributed by atoms with Gasteiger partial charge in [0.1, 0.15) is 0 Å². The van der Waals surface area contributed by atoms with Gasteiger partial charge in [-0.3, -0.25) is 4.79 Å². The summed E-state index contributed by atoms with van der Waals surface area (Å²) in [6.07, 6.45) is 0. The van der Waals surface area contributed by atoms with Crippen LogP contribution in [0.4, 0.5) is 0 Å². The summed E-state index contributed by atoms with van der Waals surface area (Å²) in [5.74, 6) is -0.125. The fraction of sp³-hybridized carbons (Fsp3) is 0.0476. The molecule has 5 nitrogen and oxygen atoms in total. The monoisotopic (exact) mass is 476 g/mol. The smallest absolute Gasteiger partial charge is 0.270 e. The van der Waals surface area contributed by atoms with E-state index in [-0.39, 0.29) is 21.6 Å². The largest absolute Gasteiger partial charge is 0.293 e. The Morgan fingerprint density at radius 1 is 0.900 bits per heavy atom. The average molecular weight is 477 g/mol. The number of hydrogen-bond donors (Lipinski definition) is 0. The minimum absolute atomic E-state index is 0.0289. The molecule has 9 heteroatoms. The zero-order valence-electron chi connectivity index (χ0n) is 15.3. The highest BCUT2D eigenvalue weighted by molar-refractivity contribution is 8.00. The maximum Gasteiger partial charge on any atom is 0.270 e. The Bertz CT molecular complexity index is 1330. The minimum Gasteiger partial charge on any atom is -0.293 e. The molecule has 4 rings (SSSR count). The molecule has 0 aliphatic heterocycles. The van der Waals surface area contributed by atoms with Crippen LogP contribution in [0.5, 0.6) is 0 Å². The standard InChI is InChI=1S/C21H14Cl2N2O3S2/c22-15-7-5-14(6-8-15)20(26)13-29-21-24-18-3-1-2-4-19(18)25(21)30(27,28)17-11-9-16(23)10-12-17/h1-12H,13H2. The van der Waals surface area contributed by atoms with Crippen LogP contribution < -0.4 is 0 Å². The number of halogens is 2. The van der Waals surface area contributed by atoms with E-state index in [4.69, 9.17) is 23.2 Å². The molecule has 1 aromatic heterocycles. The second-order valence-electron chi connectivity index (χ2n) is 6.33. The molecule has 0 aliphatic rings.